The lowest BCUT2D eigenvalue weighted by Crippen LogP contribution is -2.33. The van der Waals surface area contributed by atoms with E-state index < -0.39 is 0 Å². The van der Waals surface area contributed by atoms with E-state index >= 15 is 0 Å². The number of fused-ring (bicyclic) bond motifs is 1. The molecule has 1 unspecified atom stereocenters. The van der Waals surface area contributed by atoms with Gasteiger partial charge < -0.3 is 19.9 Å². The first-order chi connectivity index (χ1) is 11.2. The number of aryl methyl sites for hydroxylation is 1. The van der Waals surface area contributed by atoms with Crippen LogP contribution in [0.1, 0.15) is 23.7 Å². The Morgan fingerprint density at radius 2 is 2.26 bits per heavy atom. The van der Waals surface area contributed by atoms with Crippen LogP contribution in [-0.2, 0) is 24.2 Å². The molecule has 122 valence electrons. The number of hydrogen-bond donors (Lipinski definition) is 2. The van der Waals surface area contributed by atoms with E-state index in [-0.39, 0.29) is 18.4 Å². The van der Waals surface area contributed by atoms with Crippen molar-refractivity contribution in [3.05, 3.63) is 41.5 Å². The minimum atomic E-state index is -0.139. The molecule has 1 amide bonds. The first-order valence-corrected chi connectivity index (χ1v) is 7.70. The molecule has 0 bridgehead atoms. The summed E-state index contributed by atoms with van der Waals surface area (Å²) < 4.78 is 11.0. The summed E-state index contributed by atoms with van der Waals surface area (Å²) >= 11 is 0. The first-order valence-electron chi connectivity index (χ1n) is 7.70. The quantitative estimate of drug-likeness (QED) is 0.850. The third-order valence-corrected chi connectivity index (χ3v) is 3.82. The molecule has 1 aliphatic rings. The summed E-state index contributed by atoms with van der Waals surface area (Å²) in [5, 5.41) is 9.70. The molecular weight excluding hydrogens is 296 g/mol. The number of carbonyl (C=O) groups excluding carboxylic acids is 1. The van der Waals surface area contributed by atoms with Gasteiger partial charge in [0, 0.05) is 13.1 Å². The molecular formula is C16H20N4O3. The summed E-state index contributed by atoms with van der Waals surface area (Å²) in [7, 11) is 1.58. The number of ether oxygens (including phenoxy) is 1. The van der Waals surface area contributed by atoms with E-state index in [9.17, 15) is 4.79 Å². The Bertz CT molecular complexity index is 644. The molecule has 1 aromatic carbocycles. The van der Waals surface area contributed by atoms with E-state index in [4.69, 9.17) is 9.26 Å². The Morgan fingerprint density at radius 1 is 1.39 bits per heavy atom. The molecule has 7 heteroatoms. The lowest BCUT2D eigenvalue weighted by molar-refractivity contribution is -0.120. The molecule has 0 fully saturated rings. The van der Waals surface area contributed by atoms with Crippen LogP contribution in [0.4, 0.5) is 0 Å². The van der Waals surface area contributed by atoms with Crippen LogP contribution in [0, 0.1) is 0 Å². The van der Waals surface area contributed by atoms with Gasteiger partial charge in [0.25, 0.3) is 0 Å². The molecule has 2 aromatic rings. The average Bonchev–Trinajstić information content (AvgIpc) is 2.91. The molecule has 0 saturated heterocycles. The predicted molar refractivity (Wildman–Crippen MR) is 83.0 cm³/mol. The van der Waals surface area contributed by atoms with Gasteiger partial charge in [-0.2, -0.15) is 4.98 Å². The Balaban J connectivity index is 1.50. The van der Waals surface area contributed by atoms with E-state index in [1.54, 1.807) is 7.05 Å². The van der Waals surface area contributed by atoms with Crippen LogP contribution in [0.3, 0.4) is 0 Å². The minimum absolute atomic E-state index is 0.127. The monoisotopic (exact) mass is 316 g/mol. The number of amides is 1. The third-order valence-electron chi connectivity index (χ3n) is 3.82. The van der Waals surface area contributed by atoms with Crippen LogP contribution in [-0.4, -0.2) is 35.7 Å². The van der Waals surface area contributed by atoms with Gasteiger partial charge in [-0.05, 0) is 24.5 Å². The third kappa shape index (κ3) is 4.07. The number of benzene rings is 1. The van der Waals surface area contributed by atoms with Crippen molar-refractivity contribution in [1.29, 1.82) is 0 Å². The van der Waals surface area contributed by atoms with Gasteiger partial charge in [0.1, 0.15) is 12.4 Å². The van der Waals surface area contributed by atoms with Gasteiger partial charge in [-0.25, -0.2) is 0 Å². The van der Waals surface area contributed by atoms with E-state index in [2.05, 4.69) is 26.8 Å². The minimum Gasteiger partial charge on any atom is -0.492 e. The maximum atomic E-state index is 11.3. The van der Waals surface area contributed by atoms with Gasteiger partial charge in [-0.15, -0.1) is 0 Å². The number of rotatable bonds is 5. The highest BCUT2D eigenvalue weighted by Crippen LogP contribution is 2.23. The fourth-order valence-corrected chi connectivity index (χ4v) is 2.51. The topological polar surface area (TPSA) is 89.3 Å². The summed E-state index contributed by atoms with van der Waals surface area (Å²) in [6, 6.07) is 8.33. The van der Waals surface area contributed by atoms with Gasteiger partial charge >= 0.3 is 0 Å². The molecule has 0 spiro atoms. The van der Waals surface area contributed by atoms with Gasteiger partial charge in [-0.1, -0.05) is 23.4 Å². The lowest BCUT2D eigenvalue weighted by atomic mass is 10.1. The van der Waals surface area contributed by atoms with Crippen molar-refractivity contribution in [2.24, 2.45) is 0 Å². The number of likely N-dealkylation sites (N-methyl/N-ethyl adjacent to an activating group) is 1. The van der Waals surface area contributed by atoms with Crippen molar-refractivity contribution in [2.45, 2.75) is 31.8 Å². The number of aromatic nitrogens is 2. The fraction of sp³-hybridized carbons (Fsp3) is 0.438. The molecule has 1 aliphatic heterocycles. The second-order valence-electron chi connectivity index (χ2n) is 5.49. The maximum Gasteiger partial charge on any atom is 0.240 e. The van der Waals surface area contributed by atoms with E-state index in [0.29, 0.717) is 24.9 Å². The molecule has 3 rings (SSSR count). The molecule has 7 nitrogen and oxygen atoms in total. The smallest absolute Gasteiger partial charge is 0.240 e. The van der Waals surface area contributed by atoms with E-state index in [1.165, 1.54) is 5.56 Å². The summed E-state index contributed by atoms with van der Waals surface area (Å²) in [5.74, 6) is 1.69. The van der Waals surface area contributed by atoms with Crippen molar-refractivity contribution in [3.63, 3.8) is 0 Å². The van der Waals surface area contributed by atoms with Crippen LogP contribution in [0.2, 0.25) is 0 Å². The largest absolute Gasteiger partial charge is 0.492 e. The number of nitrogens with one attached hydrogen (secondary N) is 2. The summed E-state index contributed by atoms with van der Waals surface area (Å²) in [4.78, 5) is 15.5. The van der Waals surface area contributed by atoms with E-state index in [0.717, 1.165) is 18.6 Å². The Kier molecular flexibility index (Phi) is 4.87. The van der Waals surface area contributed by atoms with Gasteiger partial charge in [0.05, 0.1) is 13.0 Å². The maximum absolute atomic E-state index is 11.3. The number of hydrogen-bond acceptors (Lipinski definition) is 6. The van der Waals surface area contributed by atoms with E-state index in [1.807, 2.05) is 18.2 Å². The predicted octanol–water partition coefficient (Wildman–Crippen LogP) is 0.841. The van der Waals surface area contributed by atoms with Crippen molar-refractivity contribution in [2.75, 3.05) is 13.7 Å². The van der Waals surface area contributed by atoms with Gasteiger partial charge in [0.15, 0.2) is 5.82 Å². The standard InChI is InChI=1S/C16H20N4O3/c1-17-15(21)8-14-19-16(23-20-14)9-18-12-7-6-11-4-2-3-5-13(11)22-10-12/h2-5,12,18H,6-10H2,1H3,(H,17,21). The van der Waals surface area contributed by atoms with Crippen molar-refractivity contribution < 1.29 is 14.1 Å². The number of carbonyl (C=O) groups is 1. The van der Waals surface area contributed by atoms with Crippen LogP contribution in [0.5, 0.6) is 5.75 Å². The summed E-state index contributed by atoms with van der Waals surface area (Å²) in [5.41, 5.74) is 1.24. The molecule has 0 aliphatic carbocycles. The zero-order valence-electron chi connectivity index (χ0n) is 13.0. The first kappa shape index (κ1) is 15.5. The molecule has 1 atom stereocenters. The van der Waals surface area contributed by atoms with Gasteiger partial charge in [0.2, 0.25) is 11.8 Å². The zero-order valence-corrected chi connectivity index (χ0v) is 13.0. The molecule has 2 heterocycles. The average molecular weight is 316 g/mol. The highest BCUT2D eigenvalue weighted by Gasteiger charge is 2.17. The van der Waals surface area contributed by atoms with Crippen LogP contribution in [0.25, 0.3) is 0 Å². The van der Waals surface area contributed by atoms with Crippen molar-refractivity contribution in [1.82, 2.24) is 20.8 Å². The normalized spacial score (nSPS) is 17.0. The molecule has 2 N–H and O–H groups in total. The van der Waals surface area contributed by atoms with Gasteiger partial charge in [-0.3, -0.25) is 4.79 Å². The summed E-state index contributed by atoms with van der Waals surface area (Å²) in [6.07, 6.45) is 2.08. The Morgan fingerprint density at radius 3 is 3.13 bits per heavy atom. The number of nitrogens with zero attached hydrogens (tertiary/aromatic N) is 2. The molecule has 1 aromatic heterocycles. The Labute approximate surface area is 134 Å². The SMILES string of the molecule is CNC(=O)Cc1noc(CNC2CCc3ccccc3OC2)n1. The molecule has 0 radical (unpaired) electrons. The van der Waals surface area contributed by atoms with Crippen molar-refractivity contribution in [3.8, 4) is 5.75 Å². The number of para-hydroxylation sites is 1. The molecule has 0 saturated carbocycles. The lowest BCUT2D eigenvalue weighted by Gasteiger charge is -2.14. The fourth-order valence-electron chi connectivity index (χ4n) is 2.51. The highest BCUT2D eigenvalue weighted by atomic mass is 16.5. The van der Waals surface area contributed by atoms with Crippen LogP contribution < -0.4 is 15.4 Å². The van der Waals surface area contributed by atoms with Crippen LogP contribution >= 0.6 is 0 Å². The second-order valence-corrected chi connectivity index (χ2v) is 5.49. The van der Waals surface area contributed by atoms with Crippen LogP contribution in [0.15, 0.2) is 28.8 Å². The molecule has 23 heavy (non-hydrogen) atoms. The second kappa shape index (κ2) is 7.23. The zero-order chi connectivity index (χ0) is 16.1. The summed E-state index contributed by atoms with van der Waals surface area (Å²) in [6.45, 7) is 1.07. The van der Waals surface area contributed by atoms with Crippen molar-refractivity contribution >= 4 is 5.91 Å². The Hall–Kier alpha value is -2.41. The highest BCUT2D eigenvalue weighted by molar-refractivity contribution is 5.77.